The van der Waals surface area contributed by atoms with Gasteiger partial charge >= 0.3 is 5.97 Å². The fourth-order valence-corrected chi connectivity index (χ4v) is 1.76. The van der Waals surface area contributed by atoms with Crippen molar-refractivity contribution >= 4 is 28.6 Å². The Morgan fingerprint density at radius 2 is 2.13 bits per heavy atom. The van der Waals surface area contributed by atoms with E-state index in [4.69, 9.17) is 10.00 Å². The van der Waals surface area contributed by atoms with Crippen LogP contribution in [0.2, 0.25) is 0 Å². The number of carbonyl (C=O) groups is 1. The summed E-state index contributed by atoms with van der Waals surface area (Å²) in [6.07, 6.45) is 0. The molecule has 0 aliphatic carbocycles. The molecule has 0 aromatic heterocycles. The Balaban J connectivity index is 3.33. The van der Waals surface area contributed by atoms with Crippen molar-refractivity contribution in [1.82, 2.24) is 0 Å². The molecule has 0 bridgehead atoms. The molecule has 0 aliphatic heterocycles. The maximum absolute atomic E-state index is 11.3. The van der Waals surface area contributed by atoms with E-state index < -0.39 is 5.97 Å². The summed E-state index contributed by atoms with van der Waals surface area (Å²) in [6, 6.07) is 5.08. The zero-order chi connectivity index (χ0) is 11.4. The van der Waals surface area contributed by atoms with E-state index in [0.717, 1.165) is 0 Å². The van der Waals surface area contributed by atoms with Crippen LogP contribution in [0.5, 0.6) is 5.75 Å². The molecular formula is C10H8INO3. The van der Waals surface area contributed by atoms with Gasteiger partial charge in [0.1, 0.15) is 11.8 Å². The number of benzene rings is 1. The van der Waals surface area contributed by atoms with E-state index >= 15 is 0 Å². The molecular weight excluding hydrogens is 309 g/mol. The lowest BCUT2D eigenvalue weighted by Gasteiger charge is -2.07. The standard InChI is InChI=1S/C10H8INO3/c1-14-9-4-7(10(13)15-2)8(11)3-6(9)5-12/h3-4H,1-2H3. The summed E-state index contributed by atoms with van der Waals surface area (Å²) < 4.78 is 10.3. The number of nitriles is 1. The summed E-state index contributed by atoms with van der Waals surface area (Å²) >= 11 is 1.97. The Morgan fingerprint density at radius 3 is 2.60 bits per heavy atom. The third-order valence-electron chi connectivity index (χ3n) is 1.81. The molecule has 0 atom stereocenters. The van der Waals surface area contributed by atoms with Crippen LogP contribution in [-0.2, 0) is 4.74 Å². The molecule has 15 heavy (non-hydrogen) atoms. The Labute approximate surface area is 101 Å². The minimum atomic E-state index is -0.442. The van der Waals surface area contributed by atoms with Gasteiger partial charge in [-0.2, -0.15) is 5.26 Å². The van der Waals surface area contributed by atoms with Crippen LogP contribution in [0.1, 0.15) is 15.9 Å². The van der Waals surface area contributed by atoms with Crippen molar-refractivity contribution in [1.29, 1.82) is 5.26 Å². The number of esters is 1. The van der Waals surface area contributed by atoms with Crippen molar-refractivity contribution < 1.29 is 14.3 Å². The molecule has 0 fully saturated rings. The Bertz CT molecular complexity index is 437. The highest BCUT2D eigenvalue weighted by atomic mass is 127. The third-order valence-corrected chi connectivity index (χ3v) is 2.71. The van der Waals surface area contributed by atoms with E-state index in [1.165, 1.54) is 20.3 Å². The van der Waals surface area contributed by atoms with Crippen molar-refractivity contribution in [2.24, 2.45) is 0 Å². The van der Waals surface area contributed by atoms with Crippen molar-refractivity contribution in [2.75, 3.05) is 14.2 Å². The highest BCUT2D eigenvalue weighted by Crippen LogP contribution is 2.24. The monoisotopic (exact) mass is 317 g/mol. The van der Waals surface area contributed by atoms with Crippen LogP contribution in [0.3, 0.4) is 0 Å². The average Bonchev–Trinajstić information content (AvgIpc) is 2.27. The lowest BCUT2D eigenvalue weighted by molar-refractivity contribution is 0.0599. The van der Waals surface area contributed by atoms with E-state index in [1.54, 1.807) is 6.07 Å². The molecule has 0 heterocycles. The number of ether oxygens (including phenoxy) is 2. The van der Waals surface area contributed by atoms with E-state index in [2.05, 4.69) is 4.74 Å². The molecule has 1 aromatic rings. The fraction of sp³-hybridized carbons (Fsp3) is 0.200. The normalized spacial score (nSPS) is 9.20. The first-order valence-electron chi connectivity index (χ1n) is 4.00. The maximum Gasteiger partial charge on any atom is 0.339 e. The number of rotatable bonds is 2. The first kappa shape index (κ1) is 11.8. The minimum absolute atomic E-state index is 0.373. The van der Waals surface area contributed by atoms with Crippen molar-refractivity contribution in [3.8, 4) is 11.8 Å². The lowest BCUT2D eigenvalue weighted by Crippen LogP contribution is -2.05. The van der Waals surface area contributed by atoms with Gasteiger partial charge in [-0.1, -0.05) is 0 Å². The highest BCUT2D eigenvalue weighted by Gasteiger charge is 2.14. The third kappa shape index (κ3) is 2.39. The molecule has 1 aromatic carbocycles. The van der Waals surface area contributed by atoms with Crippen LogP contribution in [0.15, 0.2) is 12.1 Å². The number of hydrogen-bond donors (Lipinski definition) is 0. The maximum atomic E-state index is 11.3. The van der Waals surface area contributed by atoms with Gasteiger partial charge in [-0.3, -0.25) is 0 Å². The van der Waals surface area contributed by atoms with Gasteiger partial charge in [0.25, 0.3) is 0 Å². The van der Waals surface area contributed by atoms with Crippen LogP contribution >= 0.6 is 22.6 Å². The predicted octanol–water partition coefficient (Wildman–Crippen LogP) is 1.96. The number of hydrogen-bond acceptors (Lipinski definition) is 4. The second-order valence-corrected chi connectivity index (χ2v) is 3.80. The molecule has 0 N–H and O–H groups in total. The molecule has 0 radical (unpaired) electrons. The number of methoxy groups -OCH3 is 2. The smallest absolute Gasteiger partial charge is 0.339 e. The van der Waals surface area contributed by atoms with Crippen LogP contribution in [0.25, 0.3) is 0 Å². The fourth-order valence-electron chi connectivity index (χ4n) is 1.08. The molecule has 0 spiro atoms. The minimum Gasteiger partial charge on any atom is -0.495 e. The van der Waals surface area contributed by atoms with Crippen molar-refractivity contribution in [3.05, 3.63) is 26.8 Å². The van der Waals surface area contributed by atoms with E-state index in [9.17, 15) is 4.79 Å². The second kappa shape index (κ2) is 4.98. The molecule has 0 saturated heterocycles. The quantitative estimate of drug-likeness (QED) is 0.618. The largest absolute Gasteiger partial charge is 0.495 e. The summed E-state index contributed by atoms with van der Waals surface area (Å²) in [5.41, 5.74) is 0.795. The van der Waals surface area contributed by atoms with Crippen LogP contribution in [0, 0.1) is 14.9 Å². The Hall–Kier alpha value is -1.29. The van der Waals surface area contributed by atoms with E-state index in [0.29, 0.717) is 20.4 Å². The molecule has 0 amide bonds. The number of halogens is 1. The van der Waals surface area contributed by atoms with Crippen LogP contribution < -0.4 is 4.74 Å². The zero-order valence-corrected chi connectivity index (χ0v) is 10.4. The molecule has 0 aliphatic rings. The summed E-state index contributed by atoms with van der Waals surface area (Å²) in [5, 5.41) is 8.81. The van der Waals surface area contributed by atoms with Crippen LogP contribution in [0.4, 0.5) is 0 Å². The molecule has 0 unspecified atom stereocenters. The average molecular weight is 317 g/mol. The first-order chi connectivity index (χ1) is 7.13. The topological polar surface area (TPSA) is 59.3 Å². The lowest BCUT2D eigenvalue weighted by atomic mass is 10.1. The van der Waals surface area contributed by atoms with Gasteiger partial charge in [0.05, 0.1) is 25.3 Å². The van der Waals surface area contributed by atoms with Gasteiger partial charge in [0, 0.05) is 3.57 Å². The Morgan fingerprint density at radius 1 is 1.47 bits per heavy atom. The molecule has 1 rings (SSSR count). The highest BCUT2D eigenvalue weighted by molar-refractivity contribution is 14.1. The van der Waals surface area contributed by atoms with E-state index in [1.807, 2.05) is 28.7 Å². The SMILES string of the molecule is COC(=O)c1cc(OC)c(C#N)cc1I. The zero-order valence-electron chi connectivity index (χ0n) is 8.20. The van der Waals surface area contributed by atoms with Gasteiger partial charge in [-0.05, 0) is 34.7 Å². The molecule has 5 heteroatoms. The summed E-state index contributed by atoms with van der Waals surface area (Å²) in [7, 11) is 2.76. The van der Waals surface area contributed by atoms with E-state index in [-0.39, 0.29) is 0 Å². The molecule has 0 saturated carbocycles. The van der Waals surface area contributed by atoms with Crippen molar-refractivity contribution in [3.63, 3.8) is 0 Å². The van der Waals surface area contributed by atoms with Gasteiger partial charge in [-0.25, -0.2) is 4.79 Å². The molecule has 4 nitrogen and oxygen atoms in total. The van der Waals surface area contributed by atoms with Gasteiger partial charge < -0.3 is 9.47 Å². The van der Waals surface area contributed by atoms with Crippen molar-refractivity contribution in [2.45, 2.75) is 0 Å². The Kier molecular flexibility index (Phi) is 3.91. The molecule has 78 valence electrons. The predicted molar refractivity (Wildman–Crippen MR) is 61.8 cm³/mol. The van der Waals surface area contributed by atoms with Gasteiger partial charge in [-0.15, -0.1) is 0 Å². The second-order valence-electron chi connectivity index (χ2n) is 2.64. The summed E-state index contributed by atoms with van der Waals surface area (Å²) in [6.45, 7) is 0. The number of carbonyl (C=O) groups excluding carboxylic acids is 1. The summed E-state index contributed by atoms with van der Waals surface area (Å²) in [5.74, 6) is -0.0690. The van der Waals surface area contributed by atoms with Crippen LogP contribution in [-0.4, -0.2) is 20.2 Å². The number of nitrogens with zero attached hydrogens (tertiary/aromatic N) is 1. The van der Waals surface area contributed by atoms with Gasteiger partial charge in [0.2, 0.25) is 0 Å². The first-order valence-corrected chi connectivity index (χ1v) is 5.07. The summed E-state index contributed by atoms with van der Waals surface area (Å²) in [4.78, 5) is 11.3. The van der Waals surface area contributed by atoms with Gasteiger partial charge in [0.15, 0.2) is 0 Å².